The summed E-state index contributed by atoms with van der Waals surface area (Å²) in [5.41, 5.74) is 1.03. The molecule has 0 heterocycles. The van der Waals surface area contributed by atoms with Crippen LogP contribution < -0.4 is 10.6 Å². The topological polar surface area (TPSA) is 67.4 Å². The maximum absolute atomic E-state index is 12.7. The smallest absolute Gasteiger partial charge is 0.250 e. The van der Waals surface area contributed by atoms with Crippen LogP contribution in [0.3, 0.4) is 0 Å². The highest BCUT2D eigenvalue weighted by molar-refractivity contribution is 6.30. The summed E-state index contributed by atoms with van der Waals surface area (Å²) in [4.78, 5) is 23.2. The first-order valence-electron chi connectivity index (χ1n) is 6.71. The molecule has 5 nitrogen and oxygen atoms in total. The van der Waals surface area contributed by atoms with E-state index in [-0.39, 0.29) is 19.1 Å². The third-order valence-electron chi connectivity index (χ3n) is 2.72. The first-order valence-corrected chi connectivity index (χ1v) is 7.09. The van der Waals surface area contributed by atoms with Crippen LogP contribution in [0.4, 0.5) is 15.8 Å². The Morgan fingerprint density at radius 1 is 0.870 bits per heavy atom. The van der Waals surface area contributed by atoms with E-state index in [0.29, 0.717) is 16.4 Å². The van der Waals surface area contributed by atoms with Crippen LogP contribution in [-0.2, 0) is 14.3 Å². The summed E-state index contributed by atoms with van der Waals surface area (Å²) < 4.78 is 17.8. The van der Waals surface area contributed by atoms with Crippen molar-refractivity contribution in [3.63, 3.8) is 0 Å². The van der Waals surface area contributed by atoms with Crippen LogP contribution >= 0.6 is 11.6 Å². The van der Waals surface area contributed by atoms with Crippen molar-refractivity contribution in [3.05, 3.63) is 59.4 Å². The lowest BCUT2D eigenvalue weighted by atomic mass is 10.3. The van der Waals surface area contributed by atoms with Gasteiger partial charge in [-0.15, -0.1) is 0 Å². The fraction of sp³-hybridized carbons (Fsp3) is 0.125. The molecule has 7 heteroatoms. The van der Waals surface area contributed by atoms with E-state index >= 15 is 0 Å². The molecule has 2 N–H and O–H groups in total. The number of carbonyl (C=O) groups is 2. The van der Waals surface area contributed by atoms with Crippen LogP contribution in [0.5, 0.6) is 0 Å². The number of carbonyl (C=O) groups excluding carboxylic acids is 2. The van der Waals surface area contributed by atoms with Gasteiger partial charge in [0.15, 0.2) is 0 Å². The average molecular weight is 337 g/mol. The molecule has 2 rings (SSSR count). The van der Waals surface area contributed by atoms with Crippen molar-refractivity contribution in [1.82, 2.24) is 0 Å². The highest BCUT2D eigenvalue weighted by atomic mass is 35.5. The zero-order chi connectivity index (χ0) is 16.7. The summed E-state index contributed by atoms with van der Waals surface area (Å²) in [7, 11) is 0. The van der Waals surface area contributed by atoms with Gasteiger partial charge in [0.25, 0.3) is 0 Å². The van der Waals surface area contributed by atoms with Gasteiger partial charge >= 0.3 is 0 Å². The van der Waals surface area contributed by atoms with Crippen LogP contribution in [-0.4, -0.2) is 25.0 Å². The zero-order valence-electron chi connectivity index (χ0n) is 12.0. The Hall–Kier alpha value is -2.44. The summed E-state index contributed by atoms with van der Waals surface area (Å²) in [6.45, 7) is -0.551. The van der Waals surface area contributed by atoms with Crippen molar-refractivity contribution in [2.75, 3.05) is 23.8 Å². The average Bonchev–Trinajstić information content (AvgIpc) is 2.52. The minimum atomic E-state index is -0.434. The van der Waals surface area contributed by atoms with Crippen LogP contribution in [0.2, 0.25) is 5.02 Å². The number of benzene rings is 2. The number of rotatable bonds is 6. The predicted octanol–water partition coefficient (Wildman–Crippen LogP) is 3.07. The van der Waals surface area contributed by atoms with Gasteiger partial charge in [-0.05, 0) is 48.5 Å². The van der Waals surface area contributed by atoms with E-state index < -0.39 is 11.7 Å². The van der Waals surface area contributed by atoms with Crippen molar-refractivity contribution >= 4 is 34.8 Å². The Labute approximate surface area is 137 Å². The van der Waals surface area contributed by atoms with E-state index in [0.717, 1.165) is 0 Å². The molecule has 2 amide bonds. The summed E-state index contributed by atoms with van der Waals surface area (Å²) in [6, 6.07) is 11.9. The fourth-order valence-corrected chi connectivity index (χ4v) is 1.82. The van der Waals surface area contributed by atoms with Crippen molar-refractivity contribution in [1.29, 1.82) is 0 Å². The van der Waals surface area contributed by atoms with Gasteiger partial charge in [-0.3, -0.25) is 9.59 Å². The van der Waals surface area contributed by atoms with Crippen LogP contribution in [0.25, 0.3) is 0 Å². The molecule has 2 aromatic rings. The van der Waals surface area contributed by atoms with Crippen LogP contribution in [0.1, 0.15) is 0 Å². The number of nitrogens with one attached hydrogen (secondary N) is 2. The van der Waals surface area contributed by atoms with E-state index in [9.17, 15) is 14.0 Å². The third-order valence-corrected chi connectivity index (χ3v) is 2.97. The SMILES string of the molecule is O=C(COCC(=O)Nc1ccc(Cl)cc1)Nc1ccc(F)cc1. The molecule has 0 aliphatic carbocycles. The molecule has 0 aliphatic heterocycles. The van der Waals surface area contributed by atoms with Gasteiger partial charge in [0.05, 0.1) is 0 Å². The van der Waals surface area contributed by atoms with Gasteiger partial charge in [0.2, 0.25) is 11.8 Å². The lowest BCUT2D eigenvalue weighted by molar-refractivity contribution is -0.125. The molecule has 2 aromatic carbocycles. The lowest BCUT2D eigenvalue weighted by Gasteiger charge is -2.07. The second kappa shape index (κ2) is 8.26. The van der Waals surface area contributed by atoms with Gasteiger partial charge in [-0.25, -0.2) is 4.39 Å². The first kappa shape index (κ1) is 16.9. The van der Waals surface area contributed by atoms with E-state index in [1.165, 1.54) is 24.3 Å². The fourth-order valence-electron chi connectivity index (χ4n) is 1.70. The Kier molecular flexibility index (Phi) is 6.08. The number of amides is 2. The van der Waals surface area contributed by atoms with Crippen LogP contribution in [0.15, 0.2) is 48.5 Å². The molecule has 0 aliphatic rings. The van der Waals surface area contributed by atoms with Crippen molar-refractivity contribution < 1.29 is 18.7 Å². The third kappa shape index (κ3) is 6.06. The maximum atomic E-state index is 12.7. The zero-order valence-corrected chi connectivity index (χ0v) is 12.8. The Morgan fingerprint density at radius 3 is 1.78 bits per heavy atom. The standard InChI is InChI=1S/C16H14ClFN2O3/c17-11-1-5-13(6-2-11)19-15(21)9-23-10-16(22)20-14-7-3-12(18)4-8-14/h1-8H,9-10H2,(H,19,21)(H,20,22). The molecule has 0 atom stereocenters. The molecule has 0 radical (unpaired) electrons. The van der Waals surface area contributed by atoms with E-state index in [1.807, 2.05) is 0 Å². The Bertz CT molecular complexity index is 615. The van der Waals surface area contributed by atoms with Gasteiger partial charge in [0, 0.05) is 16.4 Å². The number of hydrogen-bond acceptors (Lipinski definition) is 3. The normalized spacial score (nSPS) is 10.2. The molecular formula is C16H14ClFN2O3. The van der Waals surface area contributed by atoms with Gasteiger partial charge in [-0.1, -0.05) is 11.6 Å². The number of ether oxygens (including phenoxy) is 1. The summed E-state index contributed by atoms with van der Waals surface area (Å²) in [5, 5.41) is 5.69. The van der Waals surface area contributed by atoms with E-state index in [4.69, 9.17) is 16.3 Å². The van der Waals surface area contributed by atoms with Gasteiger partial charge < -0.3 is 15.4 Å². The van der Waals surface area contributed by atoms with E-state index in [1.54, 1.807) is 24.3 Å². The number of halogens is 2. The second-order valence-corrected chi connectivity index (χ2v) is 5.04. The van der Waals surface area contributed by atoms with E-state index in [2.05, 4.69) is 10.6 Å². The van der Waals surface area contributed by atoms with Crippen molar-refractivity contribution in [2.24, 2.45) is 0 Å². The molecular weight excluding hydrogens is 323 g/mol. The quantitative estimate of drug-likeness (QED) is 0.852. The molecule has 0 saturated heterocycles. The summed E-state index contributed by atoms with van der Waals surface area (Å²) in [5.74, 6) is -1.21. The van der Waals surface area contributed by atoms with Gasteiger partial charge in [-0.2, -0.15) is 0 Å². The molecule has 120 valence electrons. The monoisotopic (exact) mass is 336 g/mol. The maximum Gasteiger partial charge on any atom is 0.250 e. The Morgan fingerprint density at radius 2 is 1.30 bits per heavy atom. The minimum Gasteiger partial charge on any atom is -0.362 e. The molecule has 0 aromatic heterocycles. The lowest BCUT2D eigenvalue weighted by Crippen LogP contribution is -2.23. The highest BCUT2D eigenvalue weighted by Gasteiger charge is 2.06. The van der Waals surface area contributed by atoms with Crippen molar-refractivity contribution in [2.45, 2.75) is 0 Å². The van der Waals surface area contributed by atoms with Crippen LogP contribution in [0, 0.1) is 5.82 Å². The minimum absolute atomic E-state index is 0.264. The summed E-state index contributed by atoms with van der Waals surface area (Å²) >= 11 is 5.74. The molecule has 0 unspecified atom stereocenters. The summed E-state index contributed by atoms with van der Waals surface area (Å²) in [6.07, 6.45) is 0. The molecule has 0 spiro atoms. The number of anilines is 2. The van der Waals surface area contributed by atoms with Gasteiger partial charge in [0.1, 0.15) is 19.0 Å². The second-order valence-electron chi connectivity index (χ2n) is 4.60. The Balaban J connectivity index is 1.69. The molecule has 0 fully saturated rings. The number of hydrogen-bond donors (Lipinski definition) is 2. The largest absolute Gasteiger partial charge is 0.362 e. The molecule has 23 heavy (non-hydrogen) atoms. The molecule has 0 bridgehead atoms. The van der Waals surface area contributed by atoms with Crippen molar-refractivity contribution in [3.8, 4) is 0 Å². The first-order chi connectivity index (χ1) is 11.0. The molecule has 0 saturated carbocycles. The highest BCUT2D eigenvalue weighted by Crippen LogP contribution is 2.13. The predicted molar refractivity (Wildman–Crippen MR) is 85.9 cm³/mol.